The van der Waals surface area contributed by atoms with Crippen LogP contribution in [0.15, 0.2) is 72.8 Å². The Kier molecular flexibility index (Phi) is 6.35. The first-order valence-corrected chi connectivity index (χ1v) is 10.4. The van der Waals surface area contributed by atoms with E-state index in [2.05, 4.69) is 5.32 Å². The van der Waals surface area contributed by atoms with Gasteiger partial charge in [0.1, 0.15) is 11.6 Å². The van der Waals surface area contributed by atoms with Crippen molar-refractivity contribution < 1.29 is 18.7 Å². The molecule has 1 saturated heterocycles. The Balaban J connectivity index is 1.42. The second-order valence-corrected chi connectivity index (χ2v) is 7.57. The lowest BCUT2D eigenvalue weighted by molar-refractivity contribution is 0.102. The predicted octanol–water partition coefficient (Wildman–Crippen LogP) is 4.92. The molecule has 3 aromatic carbocycles. The summed E-state index contributed by atoms with van der Waals surface area (Å²) in [6.07, 6.45) is 0.806. The SMILES string of the molecule is COc1ccc(NC(=O)c2ccc(N3CCCN(Cc4cccc(F)c4)C3=O)cc2)cc1. The van der Waals surface area contributed by atoms with E-state index < -0.39 is 0 Å². The molecule has 0 aromatic heterocycles. The van der Waals surface area contributed by atoms with Crippen LogP contribution in [-0.4, -0.2) is 37.0 Å². The van der Waals surface area contributed by atoms with E-state index in [0.717, 1.165) is 17.7 Å². The summed E-state index contributed by atoms with van der Waals surface area (Å²) < 4.78 is 18.6. The monoisotopic (exact) mass is 433 g/mol. The summed E-state index contributed by atoms with van der Waals surface area (Å²) >= 11 is 0. The quantitative estimate of drug-likeness (QED) is 0.600. The van der Waals surface area contributed by atoms with Crippen molar-refractivity contribution in [2.75, 3.05) is 30.4 Å². The molecule has 0 atom stereocenters. The zero-order valence-corrected chi connectivity index (χ0v) is 17.8. The highest BCUT2D eigenvalue weighted by Gasteiger charge is 2.27. The van der Waals surface area contributed by atoms with Gasteiger partial charge in [0, 0.05) is 36.6 Å². The molecule has 4 rings (SSSR count). The molecule has 0 saturated carbocycles. The van der Waals surface area contributed by atoms with Crippen molar-refractivity contribution in [3.63, 3.8) is 0 Å². The summed E-state index contributed by atoms with van der Waals surface area (Å²) in [7, 11) is 1.59. The van der Waals surface area contributed by atoms with Gasteiger partial charge in [0.15, 0.2) is 0 Å². The molecule has 0 radical (unpaired) electrons. The standard InChI is InChI=1S/C25H24FN3O3/c1-32-23-12-8-21(9-13-23)27-24(30)19-6-10-22(11-7-19)29-15-3-14-28(25(29)31)17-18-4-2-5-20(26)16-18/h2,4-13,16H,3,14-15,17H2,1H3,(H,27,30). The van der Waals surface area contributed by atoms with Crippen molar-refractivity contribution in [1.82, 2.24) is 4.90 Å². The zero-order valence-electron chi connectivity index (χ0n) is 17.8. The fraction of sp³-hybridized carbons (Fsp3) is 0.200. The van der Waals surface area contributed by atoms with Gasteiger partial charge in [-0.15, -0.1) is 0 Å². The fourth-order valence-corrected chi connectivity index (χ4v) is 3.69. The van der Waals surface area contributed by atoms with Crippen LogP contribution < -0.4 is 15.0 Å². The third kappa shape index (κ3) is 4.88. The van der Waals surface area contributed by atoms with Gasteiger partial charge in [-0.3, -0.25) is 9.69 Å². The van der Waals surface area contributed by atoms with E-state index in [-0.39, 0.29) is 17.8 Å². The molecule has 7 heteroatoms. The van der Waals surface area contributed by atoms with E-state index in [1.807, 2.05) is 6.07 Å². The third-order valence-electron chi connectivity index (χ3n) is 5.36. The van der Waals surface area contributed by atoms with Crippen LogP contribution in [0.3, 0.4) is 0 Å². The molecule has 1 heterocycles. The minimum Gasteiger partial charge on any atom is -0.497 e. The Morgan fingerprint density at radius 2 is 1.78 bits per heavy atom. The lowest BCUT2D eigenvalue weighted by Gasteiger charge is -2.35. The van der Waals surface area contributed by atoms with Crippen LogP contribution in [0.5, 0.6) is 5.75 Å². The highest BCUT2D eigenvalue weighted by Crippen LogP contribution is 2.23. The number of hydrogen-bond acceptors (Lipinski definition) is 3. The molecular weight excluding hydrogens is 409 g/mol. The number of anilines is 2. The van der Waals surface area contributed by atoms with E-state index in [9.17, 15) is 14.0 Å². The maximum atomic E-state index is 13.5. The normalized spacial score (nSPS) is 13.8. The van der Waals surface area contributed by atoms with Crippen LogP contribution in [0, 0.1) is 5.82 Å². The number of ether oxygens (including phenoxy) is 1. The number of hydrogen-bond donors (Lipinski definition) is 1. The Bertz CT molecular complexity index is 1100. The molecule has 3 amide bonds. The van der Waals surface area contributed by atoms with Crippen molar-refractivity contribution in [2.24, 2.45) is 0 Å². The topological polar surface area (TPSA) is 61.9 Å². The Morgan fingerprint density at radius 3 is 2.47 bits per heavy atom. The fourth-order valence-electron chi connectivity index (χ4n) is 3.69. The van der Waals surface area contributed by atoms with Crippen molar-refractivity contribution >= 4 is 23.3 Å². The van der Waals surface area contributed by atoms with Crippen molar-refractivity contribution in [3.05, 3.63) is 89.7 Å². The van der Waals surface area contributed by atoms with Gasteiger partial charge in [0.05, 0.1) is 7.11 Å². The van der Waals surface area contributed by atoms with Gasteiger partial charge in [-0.2, -0.15) is 0 Å². The van der Waals surface area contributed by atoms with Gasteiger partial charge < -0.3 is 15.0 Å². The molecule has 1 N–H and O–H groups in total. The molecule has 3 aromatic rings. The van der Waals surface area contributed by atoms with Crippen molar-refractivity contribution in [2.45, 2.75) is 13.0 Å². The average molecular weight is 433 g/mol. The predicted molar refractivity (Wildman–Crippen MR) is 122 cm³/mol. The first kappa shape index (κ1) is 21.4. The largest absolute Gasteiger partial charge is 0.497 e. The Morgan fingerprint density at radius 1 is 1.03 bits per heavy atom. The number of carbonyl (C=O) groups is 2. The summed E-state index contributed by atoms with van der Waals surface area (Å²) in [6.45, 7) is 1.57. The van der Waals surface area contributed by atoms with Gasteiger partial charge in [0.2, 0.25) is 0 Å². The first-order valence-electron chi connectivity index (χ1n) is 10.4. The molecular formula is C25H24FN3O3. The van der Waals surface area contributed by atoms with E-state index in [4.69, 9.17) is 4.74 Å². The van der Waals surface area contributed by atoms with Crippen LogP contribution in [0.4, 0.5) is 20.6 Å². The summed E-state index contributed by atoms with van der Waals surface area (Å²) in [6, 6.07) is 20.2. The molecule has 0 spiro atoms. The number of nitrogens with zero attached hydrogens (tertiary/aromatic N) is 2. The Hall–Kier alpha value is -3.87. The first-order chi connectivity index (χ1) is 15.5. The number of rotatable bonds is 6. The molecule has 1 aliphatic rings. The Labute approximate surface area is 186 Å². The van der Waals surface area contributed by atoms with Crippen LogP contribution >= 0.6 is 0 Å². The van der Waals surface area contributed by atoms with E-state index in [1.165, 1.54) is 12.1 Å². The minimum absolute atomic E-state index is 0.129. The smallest absolute Gasteiger partial charge is 0.324 e. The molecule has 32 heavy (non-hydrogen) atoms. The molecule has 6 nitrogen and oxygen atoms in total. The van der Waals surface area contributed by atoms with Crippen LogP contribution in [0.25, 0.3) is 0 Å². The highest BCUT2D eigenvalue weighted by molar-refractivity contribution is 6.04. The van der Waals surface area contributed by atoms with E-state index in [1.54, 1.807) is 71.5 Å². The molecule has 0 bridgehead atoms. The molecule has 1 fully saturated rings. The van der Waals surface area contributed by atoms with Crippen LogP contribution in [-0.2, 0) is 6.54 Å². The van der Waals surface area contributed by atoms with Gasteiger partial charge in [-0.25, -0.2) is 9.18 Å². The molecule has 1 aliphatic heterocycles. The second-order valence-electron chi connectivity index (χ2n) is 7.57. The van der Waals surface area contributed by atoms with Crippen LogP contribution in [0.2, 0.25) is 0 Å². The van der Waals surface area contributed by atoms with Crippen LogP contribution in [0.1, 0.15) is 22.3 Å². The molecule has 164 valence electrons. The number of nitrogens with one attached hydrogen (secondary N) is 1. The number of urea groups is 1. The summed E-state index contributed by atoms with van der Waals surface area (Å²) in [4.78, 5) is 28.9. The molecule has 0 unspecified atom stereocenters. The summed E-state index contributed by atoms with van der Waals surface area (Å²) in [5, 5.41) is 2.84. The summed E-state index contributed by atoms with van der Waals surface area (Å²) in [5.41, 5.74) is 2.63. The maximum absolute atomic E-state index is 13.5. The van der Waals surface area contributed by atoms with Gasteiger partial charge >= 0.3 is 6.03 Å². The van der Waals surface area contributed by atoms with Gasteiger partial charge in [0.25, 0.3) is 5.91 Å². The number of benzene rings is 3. The van der Waals surface area contributed by atoms with E-state index >= 15 is 0 Å². The lowest BCUT2D eigenvalue weighted by Crippen LogP contribution is -2.49. The molecule has 0 aliphatic carbocycles. The van der Waals surface area contributed by atoms with Crippen molar-refractivity contribution in [3.8, 4) is 5.75 Å². The van der Waals surface area contributed by atoms with Gasteiger partial charge in [-0.05, 0) is 72.6 Å². The number of carbonyl (C=O) groups excluding carboxylic acids is 2. The zero-order chi connectivity index (χ0) is 22.5. The third-order valence-corrected chi connectivity index (χ3v) is 5.36. The number of amides is 3. The van der Waals surface area contributed by atoms with Crippen molar-refractivity contribution in [1.29, 1.82) is 0 Å². The average Bonchev–Trinajstić information content (AvgIpc) is 2.81. The highest BCUT2D eigenvalue weighted by atomic mass is 19.1. The minimum atomic E-state index is -0.313. The summed E-state index contributed by atoms with van der Waals surface area (Å²) in [5.74, 6) is 0.164. The number of methoxy groups -OCH3 is 1. The second kappa shape index (κ2) is 9.51. The van der Waals surface area contributed by atoms with E-state index in [0.29, 0.717) is 36.6 Å². The lowest BCUT2D eigenvalue weighted by atomic mass is 10.1. The maximum Gasteiger partial charge on any atom is 0.324 e. The number of halogens is 1. The van der Waals surface area contributed by atoms with Gasteiger partial charge in [-0.1, -0.05) is 12.1 Å².